The molecule has 7 heteroatoms. The van der Waals surface area contributed by atoms with Crippen molar-refractivity contribution in [2.24, 2.45) is 0 Å². The Balaban J connectivity index is 4.86. The molecule has 0 bridgehead atoms. The van der Waals surface area contributed by atoms with Gasteiger partial charge < -0.3 is 29.4 Å². The Morgan fingerprint density at radius 2 is 1.83 bits per heavy atom. The van der Waals surface area contributed by atoms with Gasteiger partial charge in [0, 0.05) is 28.3 Å². The van der Waals surface area contributed by atoms with E-state index in [-0.39, 0.29) is 12.5 Å². The van der Waals surface area contributed by atoms with Gasteiger partial charge in [-0.1, -0.05) is 0 Å². The van der Waals surface area contributed by atoms with Gasteiger partial charge in [0.1, 0.15) is 30.6 Å². The normalized spacial score (nSPS) is 17.6. The fourth-order valence-corrected chi connectivity index (χ4v) is 1.69. The first-order valence-corrected chi connectivity index (χ1v) is 5.46. The average molecular weight is 263 g/mol. The molecule has 0 spiro atoms. The Morgan fingerprint density at radius 1 is 1.28 bits per heavy atom. The Kier molecular flexibility index (Phi) is 8.47. The Morgan fingerprint density at radius 3 is 2.17 bits per heavy atom. The topological polar surface area (TPSA) is 94.1 Å². The van der Waals surface area contributed by atoms with Crippen LogP contribution in [-0.2, 0) is 23.8 Å². The van der Waals surface area contributed by atoms with Gasteiger partial charge in [0.05, 0.1) is 6.61 Å². The molecule has 0 fully saturated rings. The van der Waals surface area contributed by atoms with Crippen LogP contribution < -0.4 is 5.32 Å². The summed E-state index contributed by atoms with van der Waals surface area (Å²) in [4.78, 5) is 22.0. The second-order valence-electron chi connectivity index (χ2n) is 3.79. The third-order valence-electron chi connectivity index (χ3n) is 2.46. The second-order valence-corrected chi connectivity index (χ2v) is 3.79. The monoisotopic (exact) mass is 263 g/mol. The number of aliphatic hydroxyl groups is 1. The van der Waals surface area contributed by atoms with E-state index in [4.69, 9.17) is 14.2 Å². The van der Waals surface area contributed by atoms with E-state index < -0.39 is 24.4 Å². The number of hydrogen-bond donors (Lipinski definition) is 2. The van der Waals surface area contributed by atoms with Crippen LogP contribution >= 0.6 is 0 Å². The molecule has 0 rings (SSSR count). The van der Waals surface area contributed by atoms with Gasteiger partial charge in [-0.15, -0.1) is 0 Å². The fraction of sp³-hybridized carbons (Fsp3) is 0.818. The van der Waals surface area contributed by atoms with Gasteiger partial charge in [-0.05, 0) is 0 Å². The smallest absolute Gasteiger partial charge is 0.217 e. The highest BCUT2D eigenvalue weighted by atomic mass is 16.5. The molecule has 0 aliphatic rings. The summed E-state index contributed by atoms with van der Waals surface area (Å²) in [5.41, 5.74) is 0. The Labute approximate surface area is 106 Å². The molecule has 0 radical (unpaired) electrons. The standard InChI is InChI=1S/C11H21NO6/c1-7(14)12-8(5-13)10(17-3)11(18-4)9(15)6-16-2/h5,8-11,15H,6H2,1-4H3,(H,12,14)/t8-,9+,10+,11+/m0/s1. The lowest BCUT2D eigenvalue weighted by molar-refractivity contribution is -0.138. The molecule has 0 aromatic rings. The molecule has 18 heavy (non-hydrogen) atoms. The number of aldehydes is 1. The third kappa shape index (κ3) is 5.09. The lowest BCUT2D eigenvalue weighted by Gasteiger charge is -2.31. The summed E-state index contributed by atoms with van der Waals surface area (Å²) in [7, 11) is 4.18. The largest absolute Gasteiger partial charge is 0.388 e. The highest BCUT2D eigenvalue weighted by molar-refractivity contribution is 5.77. The molecule has 0 aromatic carbocycles. The number of ether oxygens (including phenoxy) is 3. The van der Waals surface area contributed by atoms with Gasteiger partial charge in [-0.2, -0.15) is 0 Å². The number of carbonyl (C=O) groups is 2. The predicted molar refractivity (Wildman–Crippen MR) is 63.1 cm³/mol. The lowest BCUT2D eigenvalue weighted by Crippen LogP contribution is -2.54. The molecule has 2 N–H and O–H groups in total. The summed E-state index contributed by atoms with van der Waals surface area (Å²) < 4.78 is 15.1. The molecular formula is C11H21NO6. The first kappa shape index (κ1) is 17.0. The van der Waals surface area contributed by atoms with Crippen molar-refractivity contribution in [1.82, 2.24) is 5.32 Å². The maximum atomic E-state index is 11.0. The van der Waals surface area contributed by atoms with Crippen molar-refractivity contribution in [1.29, 1.82) is 0 Å². The highest BCUT2D eigenvalue weighted by Crippen LogP contribution is 2.12. The molecular weight excluding hydrogens is 242 g/mol. The molecule has 0 aliphatic carbocycles. The number of carbonyl (C=O) groups excluding carboxylic acids is 2. The Bertz CT molecular complexity index is 260. The lowest BCUT2D eigenvalue weighted by atomic mass is 10.0. The second kappa shape index (κ2) is 8.98. The summed E-state index contributed by atoms with van der Waals surface area (Å²) in [6.45, 7) is 1.32. The van der Waals surface area contributed by atoms with Gasteiger partial charge in [-0.25, -0.2) is 0 Å². The van der Waals surface area contributed by atoms with Gasteiger partial charge >= 0.3 is 0 Å². The maximum absolute atomic E-state index is 11.0. The summed E-state index contributed by atoms with van der Waals surface area (Å²) in [6.07, 6.45) is -2.03. The van der Waals surface area contributed by atoms with Crippen molar-refractivity contribution in [3.8, 4) is 0 Å². The first-order valence-electron chi connectivity index (χ1n) is 5.46. The minimum atomic E-state index is -0.971. The average Bonchev–Trinajstić information content (AvgIpc) is 2.33. The molecule has 0 saturated heterocycles. The van der Waals surface area contributed by atoms with E-state index in [2.05, 4.69) is 5.32 Å². The van der Waals surface area contributed by atoms with Crippen molar-refractivity contribution >= 4 is 12.2 Å². The third-order valence-corrected chi connectivity index (χ3v) is 2.46. The van der Waals surface area contributed by atoms with Crippen LogP contribution in [-0.4, -0.2) is 69.6 Å². The Hall–Kier alpha value is -1.02. The first-order chi connectivity index (χ1) is 8.51. The zero-order valence-corrected chi connectivity index (χ0v) is 11.1. The predicted octanol–water partition coefficient (Wildman–Crippen LogP) is -1.27. The molecule has 0 heterocycles. The SMILES string of the molecule is COC[C@@H](O)[C@@H](OC)[C@H](OC)[C@H](C=O)NC(C)=O. The van der Waals surface area contributed by atoms with Gasteiger partial charge in [0.15, 0.2) is 0 Å². The summed E-state index contributed by atoms with van der Waals surface area (Å²) in [5, 5.41) is 12.3. The molecule has 106 valence electrons. The van der Waals surface area contributed by atoms with Gasteiger partial charge in [0.2, 0.25) is 5.91 Å². The van der Waals surface area contributed by atoms with Crippen molar-refractivity contribution in [3.63, 3.8) is 0 Å². The zero-order valence-electron chi connectivity index (χ0n) is 11.1. The number of hydrogen-bond acceptors (Lipinski definition) is 6. The molecule has 0 saturated carbocycles. The number of aliphatic hydroxyl groups excluding tert-OH is 1. The molecule has 0 aromatic heterocycles. The molecule has 4 atom stereocenters. The van der Waals surface area contributed by atoms with Crippen molar-refractivity contribution in [3.05, 3.63) is 0 Å². The van der Waals surface area contributed by atoms with E-state index in [1.54, 1.807) is 0 Å². The molecule has 0 unspecified atom stereocenters. The van der Waals surface area contributed by atoms with Crippen LogP contribution in [0.4, 0.5) is 0 Å². The van der Waals surface area contributed by atoms with E-state index in [1.165, 1.54) is 28.3 Å². The fourth-order valence-electron chi connectivity index (χ4n) is 1.69. The summed E-state index contributed by atoms with van der Waals surface area (Å²) in [5.74, 6) is -0.370. The highest BCUT2D eigenvalue weighted by Gasteiger charge is 2.35. The van der Waals surface area contributed by atoms with Gasteiger partial charge in [-0.3, -0.25) is 4.79 Å². The molecule has 0 aliphatic heterocycles. The van der Waals surface area contributed by atoms with E-state index >= 15 is 0 Å². The van der Waals surface area contributed by atoms with E-state index in [0.717, 1.165) is 0 Å². The van der Waals surface area contributed by atoms with Crippen molar-refractivity contribution in [2.75, 3.05) is 27.9 Å². The van der Waals surface area contributed by atoms with Crippen LogP contribution in [0.2, 0.25) is 0 Å². The summed E-state index contributed by atoms with van der Waals surface area (Å²) >= 11 is 0. The van der Waals surface area contributed by atoms with Crippen LogP contribution in [0.3, 0.4) is 0 Å². The van der Waals surface area contributed by atoms with Crippen LogP contribution in [0.1, 0.15) is 6.92 Å². The minimum Gasteiger partial charge on any atom is -0.388 e. The number of amides is 1. The molecule has 1 amide bonds. The van der Waals surface area contributed by atoms with Crippen molar-refractivity contribution in [2.45, 2.75) is 31.3 Å². The quantitative estimate of drug-likeness (QED) is 0.504. The van der Waals surface area contributed by atoms with Crippen molar-refractivity contribution < 1.29 is 28.9 Å². The maximum Gasteiger partial charge on any atom is 0.217 e. The minimum absolute atomic E-state index is 0.0318. The van der Waals surface area contributed by atoms with Gasteiger partial charge in [0.25, 0.3) is 0 Å². The number of nitrogens with one attached hydrogen (secondary N) is 1. The zero-order chi connectivity index (χ0) is 14.1. The van der Waals surface area contributed by atoms with Crippen LogP contribution in [0, 0.1) is 0 Å². The van der Waals surface area contributed by atoms with E-state index in [0.29, 0.717) is 6.29 Å². The molecule has 7 nitrogen and oxygen atoms in total. The van der Waals surface area contributed by atoms with E-state index in [1.807, 2.05) is 0 Å². The van der Waals surface area contributed by atoms with E-state index in [9.17, 15) is 14.7 Å². The van der Waals surface area contributed by atoms with Crippen LogP contribution in [0.25, 0.3) is 0 Å². The van der Waals surface area contributed by atoms with Crippen LogP contribution in [0.15, 0.2) is 0 Å². The number of rotatable bonds is 9. The van der Waals surface area contributed by atoms with Crippen LogP contribution in [0.5, 0.6) is 0 Å². The number of methoxy groups -OCH3 is 3. The summed E-state index contributed by atoms with van der Waals surface area (Å²) in [6, 6.07) is -0.899.